The Morgan fingerprint density at radius 2 is 1.58 bits per heavy atom. The number of aryl methyl sites for hydroxylation is 2. The number of anilines is 1. The molecule has 2 aromatic carbocycles. The van der Waals surface area contributed by atoms with Gasteiger partial charge in [-0.2, -0.15) is 0 Å². The van der Waals surface area contributed by atoms with Crippen molar-refractivity contribution >= 4 is 47.1 Å². The summed E-state index contributed by atoms with van der Waals surface area (Å²) >= 11 is 0. The molecule has 1 aromatic heterocycles. The minimum Gasteiger partial charge on any atom is -0.493 e. The van der Waals surface area contributed by atoms with E-state index in [0.717, 1.165) is 22.5 Å². The van der Waals surface area contributed by atoms with Crippen LogP contribution in [-0.2, 0) is 18.4 Å². The molecule has 0 radical (unpaired) electrons. The van der Waals surface area contributed by atoms with Crippen LogP contribution in [0.1, 0.15) is 91.7 Å². The maximum atomic E-state index is 14.0. The van der Waals surface area contributed by atoms with Crippen LogP contribution in [0.5, 0.6) is 17.2 Å². The van der Waals surface area contributed by atoms with Crippen LogP contribution in [0.25, 0.3) is 0 Å². The molecule has 0 saturated carbocycles. The van der Waals surface area contributed by atoms with E-state index < -0.39 is 18.4 Å². The van der Waals surface area contributed by atoms with Gasteiger partial charge in [-0.1, -0.05) is 24.3 Å². The Hall–Kier alpha value is -6.48. The lowest BCUT2D eigenvalue weighted by atomic mass is 9.93. The first kappa shape index (κ1) is 40.3. The number of fused-ring (bicyclic) bond motifs is 5. The highest BCUT2D eigenvalue weighted by Gasteiger charge is 2.46. The maximum Gasteiger partial charge on any atom is 0.416 e. The number of aliphatic hydroxyl groups is 1. The summed E-state index contributed by atoms with van der Waals surface area (Å²) in [4.78, 5) is 76.1. The highest BCUT2D eigenvalue weighted by Crippen LogP contribution is 2.41. The molecule has 15 nitrogen and oxygen atoms in total. The second-order valence-corrected chi connectivity index (χ2v) is 15.9. The van der Waals surface area contributed by atoms with Gasteiger partial charge in [0.05, 0.1) is 60.5 Å². The third-order valence-corrected chi connectivity index (χ3v) is 11.7. The van der Waals surface area contributed by atoms with Crippen molar-refractivity contribution in [3.05, 3.63) is 99.9 Å². The van der Waals surface area contributed by atoms with Crippen molar-refractivity contribution in [1.82, 2.24) is 14.4 Å². The molecular formula is C45H47N5O10. The Morgan fingerprint density at radius 1 is 0.883 bits per heavy atom. The molecule has 0 bridgehead atoms. The second-order valence-electron chi connectivity index (χ2n) is 15.9. The van der Waals surface area contributed by atoms with Gasteiger partial charge in [0.1, 0.15) is 18.1 Å². The van der Waals surface area contributed by atoms with Gasteiger partial charge in [-0.25, -0.2) is 9.69 Å². The molecule has 8 rings (SSSR count). The van der Waals surface area contributed by atoms with E-state index in [1.165, 1.54) is 22.7 Å². The molecule has 3 aromatic rings. The lowest BCUT2D eigenvalue weighted by molar-refractivity contribution is 0.0485. The third kappa shape index (κ3) is 7.16. The van der Waals surface area contributed by atoms with Crippen molar-refractivity contribution < 1.29 is 48.0 Å². The summed E-state index contributed by atoms with van der Waals surface area (Å²) in [6.45, 7) is 12.5. The minimum absolute atomic E-state index is 0.116. The van der Waals surface area contributed by atoms with Crippen LogP contribution in [0.4, 0.5) is 16.2 Å². The van der Waals surface area contributed by atoms with Crippen LogP contribution in [0, 0.1) is 6.92 Å². The van der Waals surface area contributed by atoms with Gasteiger partial charge >= 0.3 is 6.09 Å². The number of unbranched alkanes of at least 4 members (excludes halogenated alkanes) is 2. The molecule has 1 N–H and O–H groups in total. The minimum atomic E-state index is -1.49. The van der Waals surface area contributed by atoms with E-state index in [0.29, 0.717) is 78.6 Å². The summed E-state index contributed by atoms with van der Waals surface area (Å²) in [5, 5.41) is 11.8. The standard InChI is InChI=1S/C45H47N5O10/c1-24-12-29-19-46-32-17-38(37(57-6)16-30(32)42(53)48(29)20-24)59-11-9-7-8-10-58-36-18-33-31(14-26(36)3)43(54)49-21-25(2)13-34(49)44(55)50(33)45(56)60-23-28-22-47(5)40-35(51)15-27(4)41(52)39(28)40/h14-19,22,29,34,44,55H,1-2,7-13,20-21,23H2,3-6H3/t29-,34-,44?/m0/s1. The number of amides is 3. The number of carbonyl (C=O) groups excluding carboxylic acids is 5. The van der Waals surface area contributed by atoms with Crippen molar-refractivity contribution in [2.75, 3.05) is 38.3 Å². The Bertz CT molecular complexity index is 2440. The van der Waals surface area contributed by atoms with Crippen molar-refractivity contribution in [1.29, 1.82) is 0 Å². The molecule has 5 aliphatic rings. The van der Waals surface area contributed by atoms with Crippen LogP contribution < -0.4 is 19.1 Å². The van der Waals surface area contributed by atoms with Crippen LogP contribution in [0.15, 0.2) is 71.4 Å². The van der Waals surface area contributed by atoms with Gasteiger partial charge in [0.25, 0.3) is 11.8 Å². The van der Waals surface area contributed by atoms with Gasteiger partial charge in [-0.05, 0) is 69.7 Å². The average molecular weight is 818 g/mol. The molecule has 2 fully saturated rings. The van der Waals surface area contributed by atoms with Crippen molar-refractivity contribution in [3.63, 3.8) is 0 Å². The zero-order valence-electron chi connectivity index (χ0n) is 34.1. The number of aromatic nitrogens is 1. The molecule has 2 saturated heterocycles. The first-order valence-corrected chi connectivity index (χ1v) is 20.0. The number of hydrogen-bond donors (Lipinski definition) is 1. The fourth-order valence-electron chi connectivity index (χ4n) is 8.63. The van der Waals surface area contributed by atoms with Gasteiger partial charge in [-0.3, -0.25) is 24.2 Å². The van der Waals surface area contributed by atoms with Crippen molar-refractivity contribution in [3.8, 4) is 17.2 Å². The normalized spacial score (nSPS) is 20.6. The van der Waals surface area contributed by atoms with Gasteiger partial charge in [0.15, 0.2) is 23.5 Å². The number of ketones is 2. The van der Waals surface area contributed by atoms with E-state index in [-0.39, 0.29) is 77.1 Å². The summed E-state index contributed by atoms with van der Waals surface area (Å²) in [7, 11) is 3.17. The quantitative estimate of drug-likeness (QED) is 0.178. The Balaban J connectivity index is 0.932. The number of Topliss-reactive ketones (excluding diaryl/α,β-unsaturated/α-hetero) is 1. The number of benzene rings is 2. The summed E-state index contributed by atoms with van der Waals surface area (Å²) in [5.74, 6) is 0.229. The molecule has 60 heavy (non-hydrogen) atoms. The summed E-state index contributed by atoms with van der Waals surface area (Å²) in [6, 6.07) is 5.75. The highest BCUT2D eigenvalue weighted by molar-refractivity contribution is 6.24. The van der Waals surface area contributed by atoms with Crippen molar-refractivity contribution in [2.24, 2.45) is 12.0 Å². The first-order chi connectivity index (χ1) is 28.7. The molecule has 1 unspecified atom stereocenters. The third-order valence-electron chi connectivity index (χ3n) is 11.7. The number of methoxy groups -OCH3 is 1. The van der Waals surface area contributed by atoms with Crippen LogP contribution in [-0.4, -0.2) is 107 Å². The van der Waals surface area contributed by atoms with E-state index in [2.05, 4.69) is 18.2 Å². The van der Waals surface area contributed by atoms with Crippen LogP contribution in [0.2, 0.25) is 0 Å². The number of hydrogen-bond acceptors (Lipinski definition) is 11. The number of rotatable bonds is 11. The van der Waals surface area contributed by atoms with Gasteiger partial charge in [-0.15, -0.1) is 0 Å². The summed E-state index contributed by atoms with van der Waals surface area (Å²) in [6.07, 6.45) is 5.29. The smallest absolute Gasteiger partial charge is 0.416 e. The molecule has 4 aliphatic heterocycles. The molecular weight excluding hydrogens is 771 g/mol. The maximum absolute atomic E-state index is 14.0. The molecule has 5 heterocycles. The van der Waals surface area contributed by atoms with Gasteiger partial charge in [0, 0.05) is 55.8 Å². The van der Waals surface area contributed by atoms with E-state index in [4.69, 9.17) is 18.9 Å². The zero-order valence-corrected chi connectivity index (χ0v) is 34.1. The number of ether oxygens (including phenoxy) is 4. The lowest BCUT2D eigenvalue weighted by Crippen LogP contribution is -2.50. The lowest BCUT2D eigenvalue weighted by Gasteiger charge is -2.31. The predicted octanol–water partition coefficient (Wildman–Crippen LogP) is 6.03. The number of carbonyl (C=O) groups is 5. The molecule has 3 amide bonds. The molecule has 312 valence electrons. The van der Waals surface area contributed by atoms with E-state index in [1.54, 1.807) is 62.5 Å². The fraction of sp³-hybridized carbons (Fsp3) is 0.378. The van der Waals surface area contributed by atoms with Crippen LogP contribution in [0.3, 0.4) is 0 Å². The van der Waals surface area contributed by atoms with Gasteiger partial charge < -0.3 is 38.4 Å². The number of allylic oxidation sites excluding steroid dienone is 2. The number of aliphatic imine (C=N–C) groups is 1. The topological polar surface area (TPSA) is 170 Å². The van der Waals surface area contributed by atoms with E-state index in [1.807, 2.05) is 0 Å². The Morgan fingerprint density at radius 3 is 2.33 bits per heavy atom. The molecule has 15 heteroatoms. The van der Waals surface area contributed by atoms with Gasteiger partial charge in [0.2, 0.25) is 5.78 Å². The summed E-state index contributed by atoms with van der Waals surface area (Å²) < 4.78 is 25.2. The van der Waals surface area contributed by atoms with Crippen molar-refractivity contribution in [2.45, 2.75) is 70.9 Å². The average Bonchev–Trinajstić information content (AvgIpc) is 3.87. The highest BCUT2D eigenvalue weighted by atomic mass is 16.6. The zero-order chi connectivity index (χ0) is 42.6. The fourth-order valence-corrected chi connectivity index (χ4v) is 8.63. The summed E-state index contributed by atoms with van der Waals surface area (Å²) in [5.41, 5.74) is 4.71. The van der Waals surface area contributed by atoms with Crippen LogP contribution >= 0.6 is 0 Å². The molecule has 1 aliphatic carbocycles. The SMILES string of the molecule is C=C1C[C@H]2C=Nc3cc(OCCCCCOc4cc5c(cc4C)C(=O)N4CC(=C)C[C@H]4C(O)N5C(=O)OCc4cn(C)c5c4C(=O)C(C)=CC5=O)c(OC)cc3C(=O)N2C1. The predicted molar refractivity (Wildman–Crippen MR) is 221 cm³/mol. The van der Waals surface area contributed by atoms with E-state index in [9.17, 15) is 29.1 Å². The number of aliphatic hydroxyl groups excluding tert-OH is 1. The largest absolute Gasteiger partial charge is 0.493 e. The number of nitrogens with zero attached hydrogens (tertiary/aromatic N) is 5. The Kier molecular flexibility index (Phi) is 10.7. The second kappa shape index (κ2) is 15.9. The molecule has 0 spiro atoms. The van der Waals surface area contributed by atoms with E-state index >= 15 is 0 Å². The monoisotopic (exact) mass is 817 g/mol. The first-order valence-electron chi connectivity index (χ1n) is 20.0. The molecule has 3 atom stereocenters. The Labute approximate surface area is 347 Å².